The first-order chi connectivity index (χ1) is 10.7. The maximum Gasteiger partial charge on any atom is 0.263 e. The summed E-state index contributed by atoms with van der Waals surface area (Å²) >= 11 is 0. The summed E-state index contributed by atoms with van der Waals surface area (Å²) in [4.78, 5) is 14.4. The lowest BCUT2D eigenvalue weighted by atomic mass is 9.99. The number of aliphatic hydroxyl groups excluding tert-OH is 1. The topological polar surface area (TPSA) is 73.6 Å². The predicted molar refractivity (Wildman–Crippen MR) is 82.3 cm³/mol. The third-order valence-electron chi connectivity index (χ3n) is 4.02. The highest BCUT2D eigenvalue weighted by Crippen LogP contribution is 2.22. The third-order valence-corrected chi connectivity index (χ3v) is 4.02. The largest absolute Gasteiger partial charge is 0.481 e. The van der Waals surface area contributed by atoms with Gasteiger partial charge in [0, 0.05) is 19.2 Å². The smallest absolute Gasteiger partial charge is 0.263 e. The molecular weight excluding hydrogens is 280 g/mol. The number of piperidine rings is 1. The normalized spacial score (nSPS) is 19.3. The summed E-state index contributed by atoms with van der Waals surface area (Å²) in [5.41, 5.74) is 0.561. The van der Waals surface area contributed by atoms with Crippen LogP contribution in [0.4, 0.5) is 0 Å². The Hall–Kier alpha value is -2.06. The van der Waals surface area contributed by atoms with Gasteiger partial charge in [0.2, 0.25) is 0 Å². The summed E-state index contributed by atoms with van der Waals surface area (Å²) in [6.45, 7) is 2.56. The van der Waals surface area contributed by atoms with Gasteiger partial charge in [0.1, 0.15) is 5.75 Å². The van der Waals surface area contributed by atoms with Crippen LogP contribution in [0.3, 0.4) is 0 Å². The molecule has 1 fully saturated rings. The zero-order valence-corrected chi connectivity index (χ0v) is 12.9. The lowest BCUT2D eigenvalue weighted by molar-refractivity contribution is -0.142. The molecule has 118 valence electrons. The zero-order chi connectivity index (χ0) is 15.9. The van der Waals surface area contributed by atoms with Gasteiger partial charge in [-0.1, -0.05) is 0 Å². The van der Waals surface area contributed by atoms with E-state index < -0.39 is 6.10 Å². The molecule has 5 heteroatoms. The van der Waals surface area contributed by atoms with Crippen molar-refractivity contribution in [2.45, 2.75) is 44.8 Å². The van der Waals surface area contributed by atoms with Gasteiger partial charge in [-0.2, -0.15) is 5.26 Å². The summed E-state index contributed by atoms with van der Waals surface area (Å²) in [6.07, 6.45) is 3.08. The van der Waals surface area contributed by atoms with Crippen LogP contribution < -0.4 is 4.74 Å². The minimum Gasteiger partial charge on any atom is -0.481 e. The molecule has 2 atom stereocenters. The molecule has 2 rings (SSSR count). The van der Waals surface area contributed by atoms with E-state index >= 15 is 0 Å². The minimum absolute atomic E-state index is 0.0393. The van der Waals surface area contributed by atoms with Gasteiger partial charge in [-0.05, 0) is 56.9 Å². The van der Waals surface area contributed by atoms with Crippen molar-refractivity contribution in [2.75, 3.05) is 13.2 Å². The zero-order valence-electron chi connectivity index (χ0n) is 12.9. The average molecular weight is 302 g/mol. The number of nitriles is 1. The van der Waals surface area contributed by atoms with Crippen LogP contribution in [0.1, 0.15) is 38.2 Å². The fraction of sp³-hybridized carbons (Fsp3) is 0.529. The second-order valence-corrected chi connectivity index (χ2v) is 5.59. The summed E-state index contributed by atoms with van der Waals surface area (Å²) in [6, 6.07) is 8.89. The Morgan fingerprint density at radius 2 is 2.18 bits per heavy atom. The number of carbonyl (C=O) groups is 1. The van der Waals surface area contributed by atoms with Crippen LogP contribution in [0.25, 0.3) is 0 Å². The number of carbonyl (C=O) groups excluding carboxylic acids is 1. The molecule has 1 heterocycles. The van der Waals surface area contributed by atoms with E-state index in [0.29, 0.717) is 17.7 Å². The average Bonchev–Trinajstić information content (AvgIpc) is 2.55. The number of rotatable bonds is 5. The van der Waals surface area contributed by atoms with Gasteiger partial charge >= 0.3 is 0 Å². The molecule has 22 heavy (non-hydrogen) atoms. The van der Waals surface area contributed by atoms with Gasteiger partial charge in [-0.15, -0.1) is 0 Å². The second-order valence-electron chi connectivity index (χ2n) is 5.59. The number of amides is 1. The lowest BCUT2D eigenvalue weighted by Gasteiger charge is -2.37. The van der Waals surface area contributed by atoms with Crippen molar-refractivity contribution in [2.24, 2.45) is 0 Å². The monoisotopic (exact) mass is 302 g/mol. The lowest BCUT2D eigenvalue weighted by Crippen LogP contribution is -2.49. The molecule has 1 saturated heterocycles. The SMILES string of the molecule is CC(Oc1ccc(C#N)cc1)C(=O)N1CCCCC1CCO. The maximum atomic E-state index is 12.6. The Balaban J connectivity index is 1.99. The first-order valence-electron chi connectivity index (χ1n) is 7.74. The fourth-order valence-electron chi connectivity index (χ4n) is 2.84. The molecule has 1 amide bonds. The second kappa shape index (κ2) is 7.81. The Bertz CT molecular complexity index is 534. The molecule has 0 saturated carbocycles. The van der Waals surface area contributed by atoms with Crippen molar-refractivity contribution in [3.63, 3.8) is 0 Å². The van der Waals surface area contributed by atoms with E-state index in [-0.39, 0.29) is 18.6 Å². The molecule has 1 aliphatic heterocycles. The van der Waals surface area contributed by atoms with E-state index in [4.69, 9.17) is 15.1 Å². The van der Waals surface area contributed by atoms with Gasteiger partial charge in [0.05, 0.1) is 11.6 Å². The fourth-order valence-corrected chi connectivity index (χ4v) is 2.84. The number of benzene rings is 1. The molecule has 0 spiro atoms. The van der Waals surface area contributed by atoms with E-state index in [1.807, 2.05) is 11.0 Å². The molecular formula is C17H22N2O3. The van der Waals surface area contributed by atoms with Gasteiger partial charge in [-0.3, -0.25) is 4.79 Å². The highest BCUT2D eigenvalue weighted by atomic mass is 16.5. The van der Waals surface area contributed by atoms with Gasteiger partial charge in [0.15, 0.2) is 6.10 Å². The first kappa shape index (κ1) is 16.3. The van der Waals surface area contributed by atoms with Crippen LogP contribution in [0, 0.1) is 11.3 Å². The highest BCUT2D eigenvalue weighted by Gasteiger charge is 2.30. The van der Waals surface area contributed by atoms with E-state index in [2.05, 4.69) is 0 Å². The summed E-state index contributed by atoms with van der Waals surface area (Å²) in [5.74, 6) is 0.540. The molecule has 0 aromatic heterocycles. The Kier molecular flexibility index (Phi) is 5.79. The van der Waals surface area contributed by atoms with Crippen molar-refractivity contribution < 1.29 is 14.6 Å². The van der Waals surface area contributed by atoms with Crippen molar-refractivity contribution in [1.82, 2.24) is 4.90 Å². The van der Waals surface area contributed by atoms with Crippen LogP contribution in [0.15, 0.2) is 24.3 Å². The van der Waals surface area contributed by atoms with E-state index in [1.54, 1.807) is 31.2 Å². The van der Waals surface area contributed by atoms with Crippen LogP contribution in [-0.2, 0) is 4.79 Å². The van der Waals surface area contributed by atoms with Crippen molar-refractivity contribution in [1.29, 1.82) is 5.26 Å². The van der Waals surface area contributed by atoms with Crippen LogP contribution >= 0.6 is 0 Å². The molecule has 5 nitrogen and oxygen atoms in total. The molecule has 1 aliphatic rings. The van der Waals surface area contributed by atoms with E-state index in [0.717, 1.165) is 25.8 Å². The summed E-state index contributed by atoms with van der Waals surface area (Å²) in [5, 5.41) is 17.9. The number of hydrogen-bond donors (Lipinski definition) is 1. The van der Waals surface area contributed by atoms with Crippen LogP contribution in [0.5, 0.6) is 5.75 Å². The van der Waals surface area contributed by atoms with E-state index in [1.165, 1.54) is 0 Å². The predicted octanol–water partition coefficient (Wildman–Crippen LogP) is 2.09. The Labute approximate surface area is 131 Å². The van der Waals surface area contributed by atoms with Crippen molar-refractivity contribution in [3.05, 3.63) is 29.8 Å². The summed E-state index contributed by atoms with van der Waals surface area (Å²) < 4.78 is 5.69. The number of nitrogens with zero attached hydrogens (tertiary/aromatic N) is 2. The number of ether oxygens (including phenoxy) is 1. The first-order valence-corrected chi connectivity index (χ1v) is 7.74. The number of likely N-dealkylation sites (tertiary alicyclic amines) is 1. The third kappa shape index (κ3) is 3.99. The molecule has 1 N–H and O–H groups in total. The van der Waals surface area contributed by atoms with Gasteiger partial charge in [0.25, 0.3) is 5.91 Å². The molecule has 0 aliphatic carbocycles. The standard InChI is InChI=1S/C17H22N2O3/c1-13(22-16-7-5-14(12-18)6-8-16)17(21)19-10-3-2-4-15(19)9-11-20/h5-8,13,15,20H,2-4,9-11H2,1H3. The summed E-state index contributed by atoms with van der Waals surface area (Å²) in [7, 11) is 0. The van der Waals surface area contributed by atoms with Gasteiger partial charge < -0.3 is 14.7 Å². The number of hydrogen-bond acceptors (Lipinski definition) is 4. The van der Waals surface area contributed by atoms with Crippen LogP contribution in [0.2, 0.25) is 0 Å². The molecule has 2 unspecified atom stereocenters. The minimum atomic E-state index is -0.577. The molecule has 0 radical (unpaired) electrons. The maximum absolute atomic E-state index is 12.6. The molecule has 0 bridgehead atoms. The van der Waals surface area contributed by atoms with Crippen LogP contribution in [-0.4, -0.2) is 41.2 Å². The Morgan fingerprint density at radius 1 is 1.45 bits per heavy atom. The van der Waals surface area contributed by atoms with Crippen molar-refractivity contribution >= 4 is 5.91 Å². The van der Waals surface area contributed by atoms with Crippen molar-refractivity contribution in [3.8, 4) is 11.8 Å². The highest BCUT2D eigenvalue weighted by molar-refractivity contribution is 5.81. The Morgan fingerprint density at radius 3 is 2.82 bits per heavy atom. The molecule has 1 aromatic rings. The van der Waals surface area contributed by atoms with Gasteiger partial charge in [-0.25, -0.2) is 0 Å². The molecule has 1 aromatic carbocycles. The van der Waals surface area contributed by atoms with E-state index in [9.17, 15) is 4.79 Å². The quantitative estimate of drug-likeness (QED) is 0.904. The number of aliphatic hydroxyl groups is 1.